The van der Waals surface area contributed by atoms with Crippen LogP contribution < -0.4 is 4.74 Å². The van der Waals surface area contributed by atoms with Gasteiger partial charge >= 0.3 is 0 Å². The number of epoxide rings is 2. The number of para-hydroxylation sites is 1. The van der Waals surface area contributed by atoms with Gasteiger partial charge in [-0.2, -0.15) is 0 Å². The standard InChI is InChI=1S/C19H26O5/c1-18(15(24-18)9-11-22-13-6-4-3-5-7-13)17-16(21-2)14(20)8-10-19(17)12-23-19/h3-7,14-17,20H,8-12H2,1-2H3/t14-,15-,16-,17-,18+,19+/m1/s1. The summed E-state index contributed by atoms with van der Waals surface area (Å²) in [5.74, 6) is 0.949. The van der Waals surface area contributed by atoms with E-state index in [2.05, 4.69) is 6.92 Å². The summed E-state index contributed by atoms with van der Waals surface area (Å²) in [5, 5.41) is 10.3. The first-order valence-corrected chi connectivity index (χ1v) is 8.79. The largest absolute Gasteiger partial charge is 0.493 e. The molecule has 0 amide bonds. The fourth-order valence-electron chi connectivity index (χ4n) is 4.48. The van der Waals surface area contributed by atoms with Crippen LogP contribution in [0.15, 0.2) is 30.3 Å². The molecule has 1 aromatic rings. The number of ether oxygens (including phenoxy) is 4. The fraction of sp³-hybridized carbons (Fsp3) is 0.684. The molecule has 0 aromatic heterocycles. The predicted octanol–water partition coefficient (Wildman–Crippen LogP) is 2.17. The Morgan fingerprint density at radius 2 is 2.04 bits per heavy atom. The third kappa shape index (κ3) is 2.73. The SMILES string of the molecule is CO[C@@H]1[C@H](O)CC[C@]2(CO2)[C@H]1[C@@]1(C)O[C@@H]1CCOc1ccccc1. The highest BCUT2D eigenvalue weighted by atomic mass is 16.6. The van der Waals surface area contributed by atoms with Gasteiger partial charge in [-0.15, -0.1) is 0 Å². The molecule has 0 bridgehead atoms. The first-order chi connectivity index (χ1) is 11.6. The average molecular weight is 334 g/mol. The van der Waals surface area contributed by atoms with Gasteiger partial charge in [0.15, 0.2) is 0 Å². The van der Waals surface area contributed by atoms with Gasteiger partial charge in [-0.3, -0.25) is 0 Å². The van der Waals surface area contributed by atoms with E-state index in [4.69, 9.17) is 18.9 Å². The second kappa shape index (κ2) is 5.99. The Morgan fingerprint density at radius 3 is 2.71 bits per heavy atom. The molecule has 2 aliphatic heterocycles. The van der Waals surface area contributed by atoms with Crippen molar-refractivity contribution in [2.75, 3.05) is 20.3 Å². The lowest BCUT2D eigenvalue weighted by Crippen LogP contribution is -2.54. The van der Waals surface area contributed by atoms with Crippen LogP contribution in [0.3, 0.4) is 0 Å². The Morgan fingerprint density at radius 1 is 1.29 bits per heavy atom. The van der Waals surface area contributed by atoms with Crippen molar-refractivity contribution in [1.29, 1.82) is 0 Å². The van der Waals surface area contributed by atoms with Crippen molar-refractivity contribution in [3.8, 4) is 5.75 Å². The van der Waals surface area contributed by atoms with E-state index in [9.17, 15) is 5.11 Å². The Labute approximate surface area is 142 Å². The molecule has 6 atom stereocenters. The molecule has 1 aliphatic carbocycles. The van der Waals surface area contributed by atoms with E-state index < -0.39 is 6.10 Å². The van der Waals surface area contributed by atoms with Crippen molar-refractivity contribution in [1.82, 2.24) is 0 Å². The number of hydrogen-bond donors (Lipinski definition) is 1. The zero-order valence-corrected chi connectivity index (χ0v) is 14.3. The molecule has 3 aliphatic rings. The van der Waals surface area contributed by atoms with Crippen molar-refractivity contribution >= 4 is 0 Å². The molecule has 5 nitrogen and oxygen atoms in total. The number of benzene rings is 1. The average Bonchev–Trinajstić information content (AvgIpc) is 3.49. The second-order valence-electron chi connectivity index (χ2n) is 7.38. The maximum atomic E-state index is 10.3. The minimum absolute atomic E-state index is 0.0699. The summed E-state index contributed by atoms with van der Waals surface area (Å²) in [4.78, 5) is 0. The van der Waals surface area contributed by atoms with E-state index in [1.807, 2.05) is 30.3 Å². The zero-order valence-electron chi connectivity index (χ0n) is 14.3. The quantitative estimate of drug-likeness (QED) is 0.808. The van der Waals surface area contributed by atoms with Crippen LogP contribution in [-0.2, 0) is 14.2 Å². The van der Waals surface area contributed by atoms with Gasteiger partial charge in [0.25, 0.3) is 0 Å². The molecular weight excluding hydrogens is 308 g/mol. The molecule has 1 aromatic carbocycles. The smallest absolute Gasteiger partial charge is 0.119 e. The van der Waals surface area contributed by atoms with Gasteiger partial charge in [0.1, 0.15) is 11.4 Å². The van der Waals surface area contributed by atoms with E-state index in [1.54, 1.807) is 7.11 Å². The Hall–Kier alpha value is -1.14. The minimum Gasteiger partial charge on any atom is -0.493 e. The van der Waals surface area contributed by atoms with Crippen LogP contribution >= 0.6 is 0 Å². The van der Waals surface area contributed by atoms with Gasteiger partial charge in [0, 0.05) is 13.5 Å². The van der Waals surface area contributed by atoms with Gasteiger partial charge in [-0.25, -0.2) is 0 Å². The molecule has 3 fully saturated rings. The first kappa shape index (κ1) is 16.3. The molecule has 5 heteroatoms. The Balaban J connectivity index is 1.39. The van der Waals surface area contributed by atoms with E-state index >= 15 is 0 Å². The van der Waals surface area contributed by atoms with Gasteiger partial charge < -0.3 is 24.1 Å². The number of aliphatic hydroxyl groups excluding tert-OH is 1. The fourth-order valence-corrected chi connectivity index (χ4v) is 4.48. The van der Waals surface area contributed by atoms with E-state index in [-0.39, 0.29) is 29.3 Å². The van der Waals surface area contributed by atoms with Crippen LogP contribution in [0.5, 0.6) is 5.75 Å². The third-order valence-corrected chi connectivity index (χ3v) is 5.91. The Kier molecular flexibility index (Phi) is 4.07. The van der Waals surface area contributed by atoms with E-state index in [0.29, 0.717) is 6.61 Å². The van der Waals surface area contributed by atoms with Gasteiger partial charge in [0.2, 0.25) is 0 Å². The third-order valence-electron chi connectivity index (χ3n) is 5.91. The van der Waals surface area contributed by atoms with Crippen molar-refractivity contribution in [2.45, 2.75) is 55.7 Å². The molecule has 0 unspecified atom stereocenters. The molecule has 4 rings (SSSR count). The molecular formula is C19H26O5. The monoisotopic (exact) mass is 334 g/mol. The van der Waals surface area contributed by atoms with Crippen molar-refractivity contribution in [3.05, 3.63) is 30.3 Å². The minimum atomic E-state index is -0.447. The predicted molar refractivity (Wildman–Crippen MR) is 88.0 cm³/mol. The van der Waals surface area contributed by atoms with Crippen molar-refractivity contribution in [3.63, 3.8) is 0 Å². The van der Waals surface area contributed by atoms with Crippen LogP contribution in [0.2, 0.25) is 0 Å². The van der Waals surface area contributed by atoms with Crippen LogP contribution in [0.1, 0.15) is 26.2 Å². The highest BCUT2D eigenvalue weighted by Gasteiger charge is 2.71. The molecule has 132 valence electrons. The van der Waals surface area contributed by atoms with Crippen molar-refractivity contribution < 1.29 is 24.1 Å². The first-order valence-electron chi connectivity index (χ1n) is 8.79. The maximum absolute atomic E-state index is 10.3. The summed E-state index contributed by atoms with van der Waals surface area (Å²) >= 11 is 0. The maximum Gasteiger partial charge on any atom is 0.119 e. The zero-order chi connectivity index (χ0) is 16.8. The molecule has 1 N–H and O–H groups in total. The summed E-state index contributed by atoms with van der Waals surface area (Å²) < 4.78 is 23.3. The van der Waals surface area contributed by atoms with Crippen LogP contribution in [0.4, 0.5) is 0 Å². The summed E-state index contributed by atoms with van der Waals surface area (Å²) in [6, 6.07) is 9.82. The Bertz CT molecular complexity index is 572. The van der Waals surface area contributed by atoms with Gasteiger partial charge in [0.05, 0.1) is 43.0 Å². The summed E-state index contributed by atoms with van der Waals surface area (Å²) in [6.45, 7) is 3.49. The lowest BCUT2D eigenvalue weighted by atomic mass is 9.68. The number of hydrogen-bond acceptors (Lipinski definition) is 5. The van der Waals surface area contributed by atoms with Crippen molar-refractivity contribution in [2.24, 2.45) is 5.92 Å². The molecule has 24 heavy (non-hydrogen) atoms. The lowest BCUT2D eigenvalue weighted by Gasteiger charge is -2.41. The van der Waals surface area contributed by atoms with E-state index in [0.717, 1.165) is 31.6 Å². The van der Waals surface area contributed by atoms with Crippen LogP contribution in [0, 0.1) is 5.92 Å². The highest BCUT2D eigenvalue weighted by molar-refractivity contribution is 5.22. The number of aliphatic hydroxyl groups is 1. The molecule has 0 radical (unpaired) electrons. The summed E-state index contributed by atoms with van der Waals surface area (Å²) in [7, 11) is 1.67. The second-order valence-corrected chi connectivity index (χ2v) is 7.38. The summed E-state index contributed by atoms with van der Waals surface area (Å²) in [6.07, 6.45) is 1.88. The molecule has 2 heterocycles. The summed E-state index contributed by atoms with van der Waals surface area (Å²) in [5.41, 5.74) is -0.470. The number of rotatable bonds is 6. The lowest BCUT2D eigenvalue weighted by molar-refractivity contribution is -0.116. The number of methoxy groups -OCH3 is 1. The molecule has 2 saturated heterocycles. The van der Waals surface area contributed by atoms with Crippen LogP contribution in [0.25, 0.3) is 0 Å². The molecule has 1 spiro atoms. The van der Waals surface area contributed by atoms with Gasteiger partial charge in [-0.05, 0) is 31.9 Å². The van der Waals surface area contributed by atoms with Crippen LogP contribution in [-0.4, -0.2) is 54.9 Å². The highest BCUT2D eigenvalue weighted by Crippen LogP contribution is 2.59. The normalized spacial score (nSPS) is 43.6. The molecule has 1 saturated carbocycles. The van der Waals surface area contributed by atoms with Gasteiger partial charge in [-0.1, -0.05) is 18.2 Å². The van der Waals surface area contributed by atoms with E-state index in [1.165, 1.54) is 0 Å². The topological polar surface area (TPSA) is 63.8 Å².